The van der Waals surface area contributed by atoms with Crippen LogP contribution in [0.4, 0.5) is 0 Å². The number of ether oxygens (including phenoxy) is 3. The third-order valence-corrected chi connectivity index (χ3v) is 6.36. The molecule has 7 heteroatoms. The van der Waals surface area contributed by atoms with Crippen molar-refractivity contribution in [2.75, 3.05) is 26.4 Å². The van der Waals surface area contributed by atoms with E-state index in [0.29, 0.717) is 6.61 Å². The van der Waals surface area contributed by atoms with E-state index < -0.39 is 30.7 Å². The van der Waals surface area contributed by atoms with Crippen molar-refractivity contribution in [3.8, 4) is 0 Å². The fourth-order valence-electron chi connectivity index (χ4n) is 4.15. The Balaban J connectivity index is 1.79. The predicted molar refractivity (Wildman–Crippen MR) is 130 cm³/mol. The molecule has 0 saturated carbocycles. The number of aliphatic hydroxyl groups is 4. The highest BCUT2D eigenvalue weighted by Gasteiger charge is 2.38. The van der Waals surface area contributed by atoms with Crippen LogP contribution in [-0.2, 0) is 14.2 Å². The second-order valence-corrected chi connectivity index (χ2v) is 9.62. The molecule has 1 rings (SSSR count). The van der Waals surface area contributed by atoms with Gasteiger partial charge in [0.1, 0.15) is 24.4 Å². The lowest BCUT2D eigenvalue weighted by Crippen LogP contribution is -2.54. The normalized spacial score (nSPS) is 24.3. The zero-order valence-electron chi connectivity index (χ0n) is 21.0. The Hall–Kier alpha value is -0.280. The molecule has 198 valence electrons. The van der Waals surface area contributed by atoms with Crippen LogP contribution in [-0.4, -0.2) is 77.6 Å². The van der Waals surface area contributed by atoms with Crippen LogP contribution in [0.5, 0.6) is 0 Å². The van der Waals surface area contributed by atoms with E-state index >= 15 is 0 Å². The van der Waals surface area contributed by atoms with Crippen LogP contribution >= 0.6 is 0 Å². The van der Waals surface area contributed by atoms with Crippen molar-refractivity contribution < 1.29 is 34.6 Å². The summed E-state index contributed by atoms with van der Waals surface area (Å²) in [6.45, 7) is 2.86. The molecule has 0 spiro atoms. The van der Waals surface area contributed by atoms with Crippen molar-refractivity contribution >= 4 is 0 Å². The zero-order valence-corrected chi connectivity index (χ0v) is 21.0. The molecule has 1 aliphatic rings. The van der Waals surface area contributed by atoms with Gasteiger partial charge in [0.15, 0.2) is 6.29 Å². The lowest BCUT2D eigenvalue weighted by Gasteiger charge is -2.35. The van der Waals surface area contributed by atoms with Crippen molar-refractivity contribution in [1.82, 2.24) is 0 Å². The molecule has 0 radical (unpaired) electrons. The van der Waals surface area contributed by atoms with E-state index in [1.807, 2.05) is 0 Å². The van der Waals surface area contributed by atoms with Gasteiger partial charge >= 0.3 is 0 Å². The Labute approximate surface area is 201 Å². The Morgan fingerprint density at radius 2 is 1.18 bits per heavy atom. The molecule has 1 heterocycles. The van der Waals surface area contributed by atoms with E-state index in [-0.39, 0.29) is 19.8 Å². The number of hydrogen-bond acceptors (Lipinski definition) is 7. The van der Waals surface area contributed by atoms with Crippen LogP contribution in [0.1, 0.15) is 110 Å². The highest BCUT2D eigenvalue weighted by atomic mass is 16.7. The van der Waals surface area contributed by atoms with Crippen molar-refractivity contribution in [3.05, 3.63) is 0 Å². The van der Waals surface area contributed by atoms with Crippen molar-refractivity contribution in [2.45, 2.75) is 140 Å². The zero-order chi connectivity index (χ0) is 24.2. The van der Waals surface area contributed by atoms with Gasteiger partial charge in [-0.05, 0) is 6.42 Å². The Morgan fingerprint density at radius 1 is 0.697 bits per heavy atom. The maximum Gasteiger partial charge on any atom is 0.186 e. The van der Waals surface area contributed by atoms with Crippen molar-refractivity contribution in [1.29, 1.82) is 0 Å². The fraction of sp³-hybridized carbons (Fsp3) is 1.00. The van der Waals surface area contributed by atoms with E-state index in [9.17, 15) is 20.4 Å². The molecular weight excluding hydrogens is 424 g/mol. The highest BCUT2D eigenvalue weighted by molar-refractivity contribution is 4.82. The summed E-state index contributed by atoms with van der Waals surface area (Å²) < 4.78 is 15.9. The topological polar surface area (TPSA) is 109 Å². The predicted octanol–water partition coefficient (Wildman–Crippen LogP) is 4.08. The second-order valence-electron chi connectivity index (χ2n) is 9.62. The lowest BCUT2D eigenvalue weighted by atomic mass is 10.0. The molecule has 1 saturated heterocycles. The fourth-order valence-corrected chi connectivity index (χ4v) is 4.15. The number of hydrogen-bond donors (Lipinski definition) is 4. The molecule has 1 fully saturated rings. The summed E-state index contributed by atoms with van der Waals surface area (Å²) in [4.78, 5) is 0. The summed E-state index contributed by atoms with van der Waals surface area (Å²) in [7, 11) is 0. The summed E-state index contributed by atoms with van der Waals surface area (Å²) in [5.74, 6) is 0. The summed E-state index contributed by atoms with van der Waals surface area (Å²) >= 11 is 0. The molecular formula is C26H52O7. The van der Waals surface area contributed by atoms with Gasteiger partial charge in [0.25, 0.3) is 0 Å². The van der Waals surface area contributed by atoms with Crippen LogP contribution < -0.4 is 0 Å². The molecule has 5 atom stereocenters. The molecule has 0 aromatic heterocycles. The third-order valence-electron chi connectivity index (χ3n) is 6.36. The lowest BCUT2D eigenvalue weighted by molar-refractivity contribution is -0.275. The first-order valence-electron chi connectivity index (χ1n) is 13.6. The molecule has 0 aromatic carbocycles. The average molecular weight is 477 g/mol. The van der Waals surface area contributed by atoms with Gasteiger partial charge in [-0.15, -0.1) is 0 Å². The van der Waals surface area contributed by atoms with E-state index in [1.54, 1.807) is 0 Å². The van der Waals surface area contributed by atoms with Crippen LogP contribution in [0, 0.1) is 0 Å². The quantitative estimate of drug-likeness (QED) is 0.174. The summed E-state index contributed by atoms with van der Waals surface area (Å²) in [6.07, 6.45) is 15.7. The SMILES string of the molecule is CCCCCCCCCCCCCCCCCCOCC(O)COC1OCC(O)C(O)C1O. The second kappa shape index (κ2) is 21.0. The van der Waals surface area contributed by atoms with Gasteiger partial charge in [-0.3, -0.25) is 0 Å². The maximum atomic E-state index is 9.92. The van der Waals surface area contributed by atoms with E-state index in [4.69, 9.17) is 14.2 Å². The molecule has 1 aliphatic heterocycles. The van der Waals surface area contributed by atoms with Gasteiger partial charge in [0, 0.05) is 6.61 Å². The molecule has 0 aliphatic carbocycles. The summed E-state index contributed by atoms with van der Waals surface area (Å²) in [5.41, 5.74) is 0. The Bertz CT molecular complexity index is 423. The smallest absolute Gasteiger partial charge is 0.186 e. The molecule has 33 heavy (non-hydrogen) atoms. The van der Waals surface area contributed by atoms with Gasteiger partial charge in [0.05, 0.1) is 19.8 Å². The monoisotopic (exact) mass is 476 g/mol. The first-order chi connectivity index (χ1) is 16.1. The van der Waals surface area contributed by atoms with Gasteiger partial charge in [-0.1, -0.05) is 103 Å². The Kier molecular flexibility index (Phi) is 19.6. The Morgan fingerprint density at radius 3 is 1.70 bits per heavy atom. The molecule has 7 nitrogen and oxygen atoms in total. The van der Waals surface area contributed by atoms with E-state index in [0.717, 1.165) is 12.8 Å². The molecule has 0 amide bonds. The largest absolute Gasteiger partial charge is 0.388 e. The number of rotatable bonds is 22. The summed E-state index contributed by atoms with van der Waals surface area (Å²) in [6, 6.07) is 0. The van der Waals surface area contributed by atoms with Crippen molar-refractivity contribution in [2.24, 2.45) is 0 Å². The molecule has 5 unspecified atom stereocenters. The van der Waals surface area contributed by atoms with E-state index in [1.165, 1.54) is 89.9 Å². The molecule has 0 bridgehead atoms. The first kappa shape index (κ1) is 30.8. The number of unbranched alkanes of at least 4 members (excludes halogenated alkanes) is 15. The number of aliphatic hydroxyl groups excluding tert-OH is 4. The maximum absolute atomic E-state index is 9.92. The van der Waals surface area contributed by atoms with Gasteiger partial charge in [-0.2, -0.15) is 0 Å². The van der Waals surface area contributed by atoms with Gasteiger partial charge in [0.2, 0.25) is 0 Å². The van der Waals surface area contributed by atoms with E-state index in [2.05, 4.69) is 6.92 Å². The minimum absolute atomic E-state index is 0.0660. The van der Waals surface area contributed by atoms with Crippen LogP contribution in [0.2, 0.25) is 0 Å². The standard InChI is InChI=1S/C26H52O7/c1-2-3-4-5-6-7-8-9-10-11-12-13-14-15-16-17-18-31-19-22(27)20-32-26-25(30)24(29)23(28)21-33-26/h22-30H,2-21H2,1H3. The molecule has 0 aromatic rings. The van der Waals surface area contributed by atoms with Crippen LogP contribution in [0.25, 0.3) is 0 Å². The first-order valence-corrected chi connectivity index (χ1v) is 13.6. The highest BCUT2D eigenvalue weighted by Crippen LogP contribution is 2.17. The van der Waals surface area contributed by atoms with Crippen LogP contribution in [0.3, 0.4) is 0 Å². The minimum atomic E-state index is -1.34. The molecule has 4 N–H and O–H groups in total. The van der Waals surface area contributed by atoms with Crippen LogP contribution in [0.15, 0.2) is 0 Å². The third kappa shape index (κ3) is 16.1. The van der Waals surface area contributed by atoms with Crippen molar-refractivity contribution in [3.63, 3.8) is 0 Å². The average Bonchev–Trinajstić information content (AvgIpc) is 2.81. The minimum Gasteiger partial charge on any atom is -0.388 e. The van der Waals surface area contributed by atoms with Gasteiger partial charge < -0.3 is 34.6 Å². The van der Waals surface area contributed by atoms with Gasteiger partial charge in [-0.25, -0.2) is 0 Å². The summed E-state index contributed by atoms with van der Waals surface area (Å²) in [5, 5.41) is 38.7.